The van der Waals surface area contributed by atoms with Crippen molar-refractivity contribution in [3.63, 3.8) is 0 Å². The summed E-state index contributed by atoms with van der Waals surface area (Å²) in [6, 6.07) is 27.7. The van der Waals surface area contributed by atoms with Crippen molar-refractivity contribution in [3.05, 3.63) is 106 Å². The van der Waals surface area contributed by atoms with Crippen LogP contribution < -0.4 is 5.32 Å². The molecule has 0 radical (unpaired) electrons. The average molecular weight is 497 g/mol. The largest absolute Gasteiger partial charge is 0.319 e. The highest BCUT2D eigenvalue weighted by molar-refractivity contribution is 9.10. The highest BCUT2D eigenvalue weighted by Gasteiger charge is 2.20. The van der Waals surface area contributed by atoms with E-state index in [1.165, 1.54) is 5.56 Å². The molecule has 5 nitrogen and oxygen atoms in total. The van der Waals surface area contributed by atoms with E-state index in [4.69, 9.17) is 0 Å². The topological polar surface area (TPSA) is 59.8 Å². The van der Waals surface area contributed by atoms with Gasteiger partial charge in [-0.3, -0.25) is 4.79 Å². The zero-order valence-corrected chi connectivity index (χ0v) is 19.8. The van der Waals surface area contributed by atoms with Crippen LogP contribution in [0.3, 0.4) is 0 Å². The number of nitrogens with zero attached hydrogens (tertiary/aromatic N) is 3. The molecule has 0 spiro atoms. The minimum Gasteiger partial charge on any atom is -0.319 e. The van der Waals surface area contributed by atoms with E-state index in [0.717, 1.165) is 37.7 Å². The number of aromatic nitrogens is 3. The molecule has 33 heavy (non-hydrogen) atoms. The molecule has 0 fully saturated rings. The van der Waals surface area contributed by atoms with Gasteiger partial charge in [0.2, 0.25) is 5.82 Å². The van der Waals surface area contributed by atoms with E-state index in [1.54, 1.807) is 4.68 Å². The van der Waals surface area contributed by atoms with Crippen LogP contribution in [-0.4, -0.2) is 20.7 Å². The van der Waals surface area contributed by atoms with E-state index in [1.807, 2.05) is 78.9 Å². The fourth-order valence-corrected chi connectivity index (χ4v) is 4.01. The van der Waals surface area contributed by atoms with Gasteiger partial charge in [0.15, 0.2) is 5.82 Å². The summed E-state index contributed by atoms with van der Waals surface area (Å²) >= 11 is 3.48. The average Bonchev–Trinajstić information content (AvgIpc) is 3.27. The van der Waals surface area contributed by atoms with E-state index in [0.29, 0.717) is 5.82 Å². The lowest BCUT2D eigenvalue weighted by Gasteiger charge is -2.08. The van der Waals surface area contributed by atoms with Crippen LogP contribution in [0.4, 0.5) is 5.69 Å². The number of benzene rings is 4. The molecule has 0 aliphatic carbocycles. The monoisotopic (exact) mass is 496 g/mol. The van der Waals surface area contributed by atoms with Gasteiger partial charge in [0, 0.05) is 21.1 Å². The van der Waals surface area contributed by atoms with Gasteiger partial charge >= 0.3 is 0 Å². The molecule has 1 N–H and O–H groups in total. The molecular weight excluding hydrogens is 476 g/mol. The van der Waals surface area contributed by atoms with Gasteiger partial charge in [-0.1, -0.05) is 70.5 Å². The molecule has 1 heterocycles. The predicted octanol–water partition coefficient (Wildman–Crippen LogP) is 6.72. The molecule has 1 amide bonds. The van der Waals surface area contributed by atoms with Gasteiger partial charge in [-0.15, -0.1) is 5.10 Å². The Morgan fingerprint density at radius 2 is 1.64 bits per heavy atom. The van der Waals surface area contributed by atoms with E-state index in [-0.39, 0.29) is 11.7 Å². The number of hydrogen-bond donors (Lipinski definition) is 1. The van der Waals surface area contributed by atoms with Crippen molar-refractivity contribution < 1.29 is 4.79 Å². The summed E-state index contributed by atoms with van der Waals surface area (Å²) in [7, 11) is 0. The Morgan fingerprint density at radius 1 is 0.879 bits per heavy atom. The van der Waals surface area contributed by atoms with Crippen molar-refractivity contribution in [1.82, 2.24) is 14.8 Å². The second-order valence-electron chi connectivity index (χ2n) is 7.93. The van der Waals surface area contributed by atoms with Gasteiger partial charge in [0.25, 0.3) is 5.91 Å². The fourth-order valence-electron chi connectivity index (χ4n) is 3.74. The third-order valence-electron chi connectivity index (χ3n) is 5.69. The van der Waals surface area contributed by atoms with E-state index >= 15 is 0 Å². The van der Waals surface area contributed by atoms with Crippen molar-refractivity contribution in [1.29, 1.82) is 0 Å². The summed E-state index contributed by atoms with van der Waals surface area (Å²) < 4.78 is 2.70. The van der Waals surface area contributed by atoms with Crippen LogP contribution in [0.5, 0.6) is 0 Å². The van der Waals surface area contributed by atoms with Gasteiger partial charge < -0.3 is 5.32 Å². The van der Waals surface area contributed by atoms with Gasteiger partial charge in [-0.2, -0.15) is 0 Å². The molecule has 0 bridgehead atoms. The highest BCUT2D eigenvalue weighted by atomic mass is 79.9. The Morgan fingerprint density at radius 3 is 2.42 bits per heavy atom. The van der Waals surface area contributed by atoms with Crippen LogP contribution in [0.1, 0.15) is 21.7 Å². The first-order chi connectivity index (χ1) is 16.0. The number of halogens is 1. The SMILES string of the molecule is Cc1ccc(-n2nc(C(=O)Nc3cccc4ccccc34)nc2-c2ccc(Br)cc2)cc1C. The normalized spacial score (nSPS) is 11.0. The lowest BCUT2D eigenvalue weighted by molar-refractivity contribution is 0.101. The first kappa shape index (κ1) is 21.1. The summed E-state index contributed by atoms with van der Waals surface area (Å²) in [5, 5.41) is 9.62. The smallest absolute Gasteiger partial charge is 0.295 e. The lowest BCUT2D eigenvalue weighted by atomic mass is 10.1. The Bertz CT molecular complexity index is 1480. The second kappa shape index (κ2) is 8.64. The van der Waals surface area contributed by atoms with Crippen LogP contribution >= 0.6 is 15.9 Å². The molecule has 0 atom stereocenters. The molecule has 162 valence electrons. The van der Waals surface area contributed by atoms with Crippen molar-refractivity contribution in [2.24, 2.45) is 0 Å². The first-order valence-corrected chi connectivity index (χ1v) is 11.4. The predicted molar refractivity (Wildman–Crippen MR) is 136 cm³/mol. The number of aryl methyl sites for hydroxylation is 2. The van der Waals surface area contributed by atoms with Crippen LogP contribution in [-0.2, 0) is 0 Å². The Hall–Kier alpha value is -3.77. The number of anilines is 1. The summed E-state index contributed by atoms with van der Waals surface area (Å²) in [6.45, 7) is 4.13. The van der Waals surface area contributed by atoms with Crippen molar-refractivity contribution in [3.8, 4) is 17.1 Å². The summed E-state index contributed by atoms with van der Waals surface area (Å²) in [5.41, 5.74) is 4.79. The van der Waals surface area contributed by atoms with Crippen LogP contribution in [0.2, 0.25) is 0 Å². The number of nitrogens with one attached hydrogen (secondary N) is 1. The molecule has 4 aromatic carbocycles. The summed E-state index contributed by atoms with van der Waals surface area (Å²) in [4.78, 5) is 17.8. The maximum absolute atomic E-state index is 13.2. The zero-order chi connectivity index (χ0) is 22.9. The third kappa shape index (κ3) is 4.17. The van der Waals surface area contributed by atoms with Gasteiger partial charge in [-0.05, 0) is 60.7 Å². The lowest BCUT2D eigenvalue weighted by Crippen LogP contribution is -2.14. The van der Waals surface area contributed by atoms with Gasteiger partial charge in [0.05, 0.1) is 5.69 Å². The van der Waals surface area contributed by atoms with Gasteiger partial charge in [0.1, 0.15) is 0 Å². The molecular formula is C27H21BrN4O. The number of fused-ring (bicyclic) bond motifs is 1. The number of rotatable bonds is 4. The minimum atomic E-state index is -0.354. The maximum atomic E-state index is 13.2. The molecule has 6 heteroatoms. The molecule has 0 unspecified atom stereocenters. The number of hydrogen-bond acceptors (Lipinski definition) is 3. The summed E-state index contributed by atoms with van der Waals surface area (Å²) in [5.74, 6) is 0.361. The fraction of sp³-hybridized carbons (Fsp3) is 0.0741. The Balaban J connectivity index is 1.58. The van der Waals surface area contributed by atoms with Gasteiger partial charge in [-0.25, -0.2) is 9.67 Å². The van der Waals surface area contributed by atoms with E-state index in [2.05, 4.69) is 51.2 Å². The van der Waals surface area contributed by atoms with Crippen LogP contribution in [0.25, 0.3) is 27.8 Å². The van der Waals surface area contributed by atoms with Crippen LogP contribution in [0.15, 0.2) is 89.4 Å². The Labute approximate surface area is 200 Å². The zero-order valence-electron chi connectivity index (χ0n) is 18.2. The number of carbonyl (C=O) groups is 1. The second-order valence-corrected chi connectivity index (χ2v) is 8.84. The highest BCUT2D eigenvalue weighted by Crippen LogP contribution is 2.26. The number of amides is 1. The Kier molecular flexibility index (Phi) is 5.52. The van der Waals surface area contributed by atoms with E-state index < -0.39 is 0 Å². The van der Waals surface area contributed by atoms with Crippen molar-refractivity contribution in [2.75, 3.05) is 5.32 Å². The number of carbonyl (C=O) groups excluding carboxylic acids is 1. The van der Waals surface area contributed by atoms with Crippen molar-refractivity contribution in [2.45, 2.75) is 13.8 Å². The quantitative estimate of drug-likeness (QED) is 0.300. The molecule has 0 saturated heterocycles. The molecule has 1 aromatic heterocycles. The standard InChI is InChI=1S/C27H21BrN4O/c1-17-10-15-22(16-18(17)2)32-26(20-11-13-21(28)14-12-20)30-25(31-32)27(33)29-24-9-5-7-19-6-3-4-8-23(19)24/h3-16H,1-2H3,(H,29,33). The molecule has 0 aliphatic heterocycles. The molecule has 5 rings (SSSR count). The third-order valence-corrected chi connectivity index (χ3v) is 6.21. The van der Waals surface area contributed by atoms with Crippen molar-refractivity contribution >= 4 is 38.3 Å². The molecule has 0 saturated carbocycles. The maximum Gasteiger partial charge on any atom is 0.295 e. The molecule has 0 aliphatic rings. The summed E-state index contributed by atoms with van der Waals surface area (Å²) in [6.07, 6.45) is 0. The first-order valence-electron chi connectivity index (χ1n) is 10.6. The molecule has 5 aromatic rings. The minimum absolute atomic E-state index is 0.110. The van der Waals surface area contributed by atoms with Crippen LogP contribution in [0, 0.1) is 13.8 Å². The van der Waals surface area contributed by atoms with E-state index in [9.17, 15) is 4.79 Å².